The van der Waals surface area contributed by atoms with Crippen molar-refractivity contribution in [3.63, 3.8) is 0 Å². The van der Waals surface area contributed by atoms with Crippen LogP contribution in [0.2, 0.25) is 0 Å². The van der Waals surface area contributed by atoms with Gasteiger partial charge in [0.25, 0.3) is 5.92 Å². The number of nitrogens with zero attached hydrogens (tertiary/aromatic N) is 4. The number of hydroxylamine groups is 2. The number of carbonyl (C=O) groups excluding carboxylic acids is 1. The van der Waals surface area contributed by atoms with E-state index in [1.165, 1.54) is 28.4 Å². The number of esters is 1. The first kappa shape index (κ1) is 30.1. The van der Waals surface area contributed by atoms with Crippen molar-refractivity contribution in [2.45, 2.75) is 51.2 Å². The summed E-state index contributed by atoms with van der Waals surface area (Å²) in [6, 6.07) is 1.38. The Balaban J connectivity index is 1.54. The maximum atomic E-state index is 15.5. The maximum absolute atomic E-state index is 15.5. The van der Waals surface area contributed by atoms with Gasteiger partial charge in [-0.25, -0.2) is 22.9 Å². The number of benzene rings is 1. The minimum Gasteiger partial charge on any atom is -0.481 e. The minimum atomic E-state index is -3.22. The van der Waals surface area contributed by atoms with Crippen LogP contribution in [0.25, 0.3) is 0 Å². The third-order valence-electron chi connectivity index (χ3n) is 7.87. The fraction of sp³-hybridized carbons (Fsp3) is 0.500. The van der Waals surface area contributed by atoms with Crippen LogP contribution in [0.4, 0.5) is 13.2 Å². The summed E-state index contributed by atoms with van der Waals surface area (Å²) in [6.07, 6.45) is 1.86. The average molecular weight is 608 g/mol. The van der Waals surface area contributed by atoms with Gasteiger partial charge in [-0.15, -0.1) is 11.3 Å². The Bertz CT molecular complexity index is 1400. The molecule has 1 aromatic carbocycles. The molecule has 10 nitrogen and oxygen atoms in total. The standard InChI is InChI=1S/C28H32F3N5O5S/c1-4-16(26(37)38)11-36-23-20(13-41-36)35(14-28(23,30)31)12-19-21(27(39)40-5-2)22(17-7-6-8-18(29)15(17)3)34-24(33-19)25-32-9-10-42-25/h6-10,16,20,22-23H,4-5,11-14H2,1-3H3,(H,33,34)(H,37,38)/t16?,20-,22-,23+/m0/s1. The van der Waals surface area contributed by atoms with Gasteiger partial charge >= 0.3 is 11.9 Å². The molecule has 4 heterocycles. The van der Waals surface area contributed by atoms with Crippen molar-refractivity contribution in [1.82, 2.24) is 20.3 Å². The molecule has 0 saturated carbocycles. The van der Waals surface area contributed by atoms with E-state index in [0.717, 1.165) is 5.06 Å². The number of carboxylic acid groups (broad SMARTS) is 1. The van der Waals surface area contributed by atoms with Crippen LogP contribution in [0.15, 0.2) is 46.0 Å². The molecule has 0 aliphatic carbocycles. The Hall–Kier alpha value is -3.33. The molecule has 226 valence electrons. The Kier molecular flexibility index (Phi) is 8.69. The van der Waals surface area contributed by atoms with Gasteiger partial charge in [0.15, 0.2) is 10.8 Å². The van der Waals surface area contributed by atoms with Crippen molar-refractivity contribution in [1.29, 1.82) is 0 Å². The molecule has 42 heavy (non-hydrogen) atoms. The highest BCUT2D eigenvalue weighted by Gasteiger charge is 2.61. The highest BCUT2D eigenvalue weighted by molar-refractivity contribution is 7.11. The number of aromatic nitrogens is 1. The van der Waals surface area contributed by atoms with Crippen LogP contribution in [0.5, 0.6) is 0 Å². The van der Waals surface area contributed by atoms with Crippen LogP contribution in [0.1, 0.15) is 42.4 Å². The van der Waals surface area contributed by atoms with Crippen molar-refractivity contribution >= 4 is 29.1 Å². The molecule has 0 amide bonds. The van der Waals surface area contributed by atoms with Crippen LogP contribution in [-0.2, 0) is 19.2 Å². The second-order valence-corrected chi connectivity index (χ2v) is 11.3. The zero-order chi connectivity index (χ0) is 30.2. The summed E-state index contributed by atoms with van der Waals surface area (Å²) in [4.78, 5) is 41.2. The van der Waals surface area contributed by atoms with Gasteiger partial charge in [-0.3, -0.25) is 19.5 Å². The molecular formula is C28H32F3N5O5S. The number of likely N-dealkylation sites (tertiary alicyclic amines) is 1. The number of amidine groups is 1. The zero-order valence-corrected chi connectivity index (χ0v) is 24.2. The summed E-state index contributed by atoms with van der Waals surface area (Å²) < 4.78 is 51.1. The van der Waals surface area contributed by atoms with Gasteiger partial charge in [-0.2, -0.15) is 5.06 Å². The SMILES string of the molecule is CCOC(=O)C1=C(CN2CC(F)(F)[C@H]3[C@@H]2CON3CC(CC)C(=O)O)NC(c2nccs2)=N[C@H]1c1cccc(F)c1C. The lowest BCUT2D eigenvalue weighted by atomic mass is 9.92. The number of rotatable bonds is 10. The predicted molar refractivity (Wildman–Crippen MR) is 147 cm³/mol. The number of carboxylic acids is 1. The molecule has 3 aliphatic rings. The number of thiazole rings is 1. The number of hydrogen-bond donors (Lipinski definition) is 2. The van der Waals surface area contributed by atoms with Gasteiger partial charge in [0.05, 0.1) is 37.3 Å². The highest BCUT2D eigenvalue weighted by atomic mass is 32.1. The molecule has 1 unspecified atom stereocenters. The fourth-order valence-electron chi connectivity index (χ4n) is 5.72. The number of aliphatic carboxylic acids is 1. The predicted octanol–water partition coefficient (Wildman–Crippen LogP) is 3.55. The van der Waals surface area contributed by atoms with Gasteiger partial charge in [0, 0.05) is 30.4 Å². The first-order valence-electron chi connectivity index (χ1n) is 13.7. The Morgan fingerprint density at radius 2 is 2.12 bits per heavy atom. The summed E-state index contributed by atoms with van der Waals surface area (Å²) in [5.41, 5.74) is 1.11. The number of fused-ring (bicyclic) bond motifs is 1. The van der Waals surface area contributed by atoms with Crippen LogP contribution < -0.4 is 5.32 Å². The maximum Gasteiger partial charge on any atom is 0.338 e. The van der Waals surface area contributed by atoms with E-state index in [4.69, 9.17) is 14.6 Å². The number of nitrogens with one attached hydrogen (secondary N) is 1. The largest absolute Gasteiger partial charge is 0.481 e. The van der Waals surface area contributed by atoms with Crippen molar-refractivity contribution in [2.24, 2.45) is 10.9 Å². The first-order chi connectivity index (χ1) is 20.1. The summed E-state index contributed by atoms with van der Waals surface area (Å²) in [7, 11) is 0. The number of hydrogen-bond acceptors (Lipinski definition) is 10. The van der Waals surface area contributed by atoms with E-state index in [2.05, 4.69) is 10.3 Å². The molecule has 0 spiro atoms. The first-order valence-corrected chi connectivity index (χ1v) is 14.6. The number of carbonyl (C=O) groups is 2. The van der Waals surface area contributed by atoms with E-state index >= 15 is 8.78 Å². The topological polar surface area (TPSA) is 117 Å². The van der Waals surface area contributed by atoms with E-state index in [1.54, 1.807) is 38.4 Å². The molecule has 2 aromatic rings. The Labute approximate surface area is 244 Å². The molecule has 2 saturated heterocycles. The minimum absolute atomic E-state index is 0.0605. The normalized spacial score (nSPS) is 24.7. The third kappa shape index (κ3) is 5.68. The Morgan fingerprint density at radius 1 is 1.33 bits per heavy atom. The second kappa shape index (κ2) is 12.1. The van der Waals surface area contributed by atoms with Crippen LogP contribution in [0.3, 0.4) is 0 Å². The lowest BCUT2D eigenvalue weighted by Crippen LogP contribution is -2.47. The molecule has 5 rings (SSSR count). The molecule has 14 heteroatoms. The monoisotopic (exact) mass is 607 g/mol. The van der Waals surface area contributed by atoms with Crippen LogP contribution in [0, 0.1) is 18.7 Å². The zero-order valence-electron chi connectivity index (χ0n) is 23.3. The average Bonchev–Trinajstić information content (AvgIpc) is 3.68. The summed E-state index contributed by atoms with van der Waals surface area (Å²) in [5.74, 6) is -6.01. The van der Waals surface area contributed by atoms with E-state index < -0.39 is 54.3 Å². The molecule has 4 atom stereocenters. The number of aliphatic imine (C=N–C) groups is 1. The van der Waals surface area contributed by atoms with Gasteiger partial charge in [-0.05, 0) is 37.5 Å². The van der Waals surface area contributed by atoms with Crippen molar-refractivity contribution < 1.29 is 37.4 Å². The quantitative estimate of drug-likeness (QED) is 0.391. The van der Waals surface area contributed by atoms with E-state index in [9.17, 15) is 19.1 Å². The molecule has 3 aliphatic heterocycles. The molecule has 0 radical (unpaired) electrons. The molecule has 1 aromatic heterocycles. The number of ether oxygens (including phenoxy) is 1. The second-order valence-electron chi connectivity index (χ2n) is 10.4. The smallest absolute Gasteiger partial charge is 0.338 e. The molecule has 2 N–H and O–H groups in total. The highest BCUT2D eigenvalue weighted by Crippen LogP contribution is 2.42. The summed E-state index contributed by atoms with van der Waals surface area (Å²) in [5, 5.41) is 16.0. The van der Waals surface area contributed by atoms with E-state index in [-0.39, 0.29) is 44.0 Å². The van der Waals surface area contributed by atoms with Crippen LogP contribution in [-0.4, -0.2) is 88.7 Å². The van der Waals surface area contributed by atoms with Gasteiger partial charge in [-0.1, -0.05) is 19.1 Å². The summed E-state index contributed by atoms with van der Waals surface area (Å²) in [6.45, 7) is 3.98. The van der Waals surface area contributed by atoms with Crippen molar-refractivity contribution in [2.75, 3.05) is 32.8 Å². The van der Waals surface area contributed by atoms with Crippen molar-refractivity contribution in [3.05, 3.63) is 63.0 Å². The number of halogens is 3. The van der Waals surface area contributed by atoms with Crippen LogP contribution >= 0.6 is 11.3 Å². The molecule has 2 fully saturated rings. The number of alkyl halides is 2. The van der Waals surface area contributed by atoms with Gasteiger partial charge < -0.3 is 15.2 Å². The van der Waals surface area contributed by atoms with Crippen molar-refractivity contribution in [3.8, 4) is 0 Å². The fourth-order valence-corrected chi connectivity index (χ4v) is 6.31. The summed E-state index contributed by atoms with van der Waals surface area (Å²) >= 11 is 1.30. The van der Waals surface area contributed by atoms with E-state index in [1.807, 2.05) is 0 Å². The van der Waals surface area contributed by atoms with Gasteiger partial charge in [0.2, 0.25) is 0 Å². The van der Waals surface area contributed by atoms with E-state index in [0.29, 0.717) is 22.0 Å². The lowest BCUT2D eigenvalue weighted by Gasteiger charge is -2.31. The molecule has 0 bridgehead atoms. The lowest BCUT2D eigenvalue weighted by molar-refractivity contribution is -0.192. The molecular weight excluding hydrogens is 575 g/mol. The van der Waals surface area contributed by atoms with Gasteiger partial charge in [0.1, 0.15) is 17.9 Å². The Morgan fingerprint density at radius 3 is 2.79 bits per heavy atom. The third-order valence-corrected chi connectivity index (χ3v) is 8.65.